The van der Waals surface area contributed by atoms with Gasteiger partial charge in [-0.15, -0.1) is 0 Å². The van der Waals surface area contributed by atoms with Crippen molar-refractivity contribution in [3.8, 4) is 6.07 Å². The fourth-order valence-corrected chi connectivity index (χ4v) is 1.52. The maximum atomic E-state index is 9.12. The fraction of sp³-hybridized carbons (Fsp3) is 0.923. The molecule has 4 heteroatoms. The summed E-state index contributed by atoms with van der Waals surface area (Å²) in [5, 5.41) is 12.4. The van der Waals surface area contributed by atoms with Crippen LogP contribution in [-0.4, -0.2) is 37.5 Å². The Morgan fingerprint density at radius 1 is 1.18 bits per heavy atom. The first-order valence-electron chi connectivity index (χ1n) is 6.28. The van der Waals surface area contributed by atoms with E-state index in [1.807, 2.05) is 34.6 Å². The molecule has 0 amide bonds. The van der Waals surface area contributed by atoms with Gasteiger partial charge >= 0.3 is 0 Å². The molecule has 100 valence electrons. The lowest BCUT2D eigenvalue weighted by Crippen LogP contribution is -2.45. The highest BCUT2D eigenvalue weighted by Gasteiger charge is 2.23. The van der Waals surface area contributed by atoms with E-state index >= 15 is 0 Å². The first-order valence-corrected chi connectivity index (χ1v) is 6.28. The summed E-state index contributed by atoms with van der Waals surface area (Å²) in [6.45, 7) is 11.7. The highest BCUT2D eigenvalue weighted by molar-refractivity contribution is 5.04. The first-order chi connectivity index (χ1) is 7.89. The summed E-state index contributed by atoms with van der Waals surface area (Å²) in [7, 11) is 0. The van der Waals surface area contributed by atoms with Crippen LogP contribution in [0.15, 0.2) is 0 Å². The predicted molar refractivity (Wildman–Crippen MR) is 68.8 cm³/mol. The summed E-state index contributed by atoms with van der Waals surface area (Å²) in [6.07, 6.45) is 0.925. The lowest BCUT2D eigenvalue weighted by Gasteiger charge is -2.25. The van der Waals surface area contributed by atoms with Gasteiger partial charge < -0.3 is 9.47 Å². The Balaban J connectivity index is 3.67. The van der Waals surface area contributed by atoms with Crippen molar-refractivity contribution in [3.05, 3.63) is 0 Å². The van der Waals surface area contributed by atoms with Crippen LogP contribution in [0.4, 0.5) is 0 Å². The molecule has 0 saturated heterocycles. The Bertz CT molecular complexity index is 236. The molecule has 0 aliphatic heterocycles. The van der Waals surface area contributed by atoms with E-state index in [4.69, 9.17) is 14.7 Å². The molecule has 0 aromatic carbocycles. The van der Waals surface area contributed by atoms with Gasteiger partial charge in [-0.3, -0.25) is 5.32 Å². The third-order valence-electron chi connectivity index (χ3n) is 2.28. The molecule has 1 unspecified atom stereocenters. The molecule has 17 heavy (non-hydrogen) atoms. The van der Waals surface area contributed by atoms with E-state index in [0.717, 1.165) is 0 Å². The van der Waals surface area contributed by atoms with E-state index in [2.05, 4.69) is 11.4 Å². The van der Waals surface area contributed by atoms with E-state index < -0.39 is 5.54 Å². The Morgan fingerprint density at radius 3 is 2.29 bits per heavy atom. The molecule has 4 nitrogen and oxygen atoms in total. The average Bonchev–Trinajstić information content (AvgIpc) is 2.22. The number of nitriles is 1. The highest BCUT2D eigenvalue weighted by atomic mass is 16.5. The van der Waals surface area contributed by atoms with Crippen molar-refractivity contribution in [2.75, 3.05) is 19.8 Å². The summed E-state index contributed by atoms with van der Waals surface area (Å²) in [5.74, 6) is 0. The minimum absolute atomic E-state index is 0.241. The molecule has 0 rings (SSSR count). The average molecular weight is 242 g/mol. The van der Waals surface area contributed by atoms with Gasteiger partial charge in [-0.05, 0) is 34.6 Å². The number of nitrogens with zero attached hydrogens (tertiary/aromatic N) is 1. The molecule has 0 aromatic heterocycles. The van der Waals surface area contributed by atoms with Gasteiger partial charge in [-0.2, -0.15) is 5.26 Å². The van der Waals surface area contributed by atoms with Crippen molar-refractivity contribution in [2.45, 2.75) is 58.7 Å². The van der Waals surface area contributed by atoms with Crippen LogP contribution in [0.25, 0.3) is 0 Å². The zero-order valence-corrected chi connectivity index (χ0v) is 11.7. The number of hydrogen-bond acceptors (Lipinski definition) is 4. The molecular weight excluding hydrogens is 216 g/mol. The van der Waals surface area contributed by atoms with Gasteiger partial charge in [0.2, 0.25) is 0 Å². The Labute approximate surface area is 105 Å². The van der Waals surface area contributed by atoms with Gasteiger partial charge in [0.25, 0.3) is 0 Å². The Morgan fingerprint density at radius 2 is 1.82 bits per heavy atom. The van der Waals surface area contributed by atoms with Crippen molar-refractivity contribution in [3.63, 3.8) is 0 Å². The molecule has 0 aliphatic rings. The second kappa shape index (κ2) is 8.46. The molecule has 0 aromatic rings. The van der Waals surface area contributed by atoms with Gasteiger partial charge in [-0.25, -0.2) is 0 Å². The monoisotopic (exact) mass is 242 g/mol. The zero-order valence-electron chi connectivity index (χ0n) is 11.7. The SMILES string of the molecule is CC(C)NC(C)(C#N)CCOCCOC(C)C. The van der Waals surface area contributed by atoms with Crippen molar-refractivity contribution < 1.29 is 9.47 Å². The van der Waals surface area contributed by atoms with Crippen molar-refractivity contribution in [2.24, 2.45) is 0 Å². The number of rotatable bonds is 9. The van der Waals surface area contributed by atoms with Crippen LogP contribution in [0.5, 0.6) is 0 Å². The first kappa shape index (κ1) is 16.4. The number of ether oxygens (including phenoxy) is 2. The molecule has 0 aliphatic carbocycles. The van der Waals surface area contributed by atoms with Crippen LogP contribution < -0.4 is 5.32 Å². The van der Waals surface area contributed by atoms with Crippen LogP contribution in [0, 0.1) is 11.3 Å². The highest BCUT2D eigenvalue weighted by Crippen LogP contribution is 2.09. The summed E-state index contributed by atoms with van der Waals surface area (Å²) < 4.78 is 10.8. The second-order valence-corrected chi connectivity index (χ2v) is 5.02. The van der Waals surface area contributed by atoms with Crippen LogP contribution in [0.3, 0.4) is 0 Å². The smallest absolute Gasteiger partial charge is 0.106 e. The van der Waals surface area contributed by atoms with E-state index in [1.54, 1.807) is 0 Å². The molecular formula is C13H26N2O2. The van der Waals surface area contributed by atoms with Crippen LogP contribution in [0.1, 0.15) is 41.0 Å². The molecule has 0 spiro atoms. The summed E-state index contributed by atoms with van der Waals surface area (Å²) in [6, 6.07) is 2.59. The summed E-state index contributed by atoms with van der Waals surface area (Å²) in [5.41, 5.74) is -0.507. The molecule has 0 radical (unpaired) electrons. The molecule has 1 atom stereocenters. The maximum absolute atomic E-state index is 9.12. The van der Waals surface area contributed by atoms with Crippen molar-refractivity contribution in [1.29, 1.82) is 5.26 Å². The molecule has 0 fully saturated rings. The minimum Gasteiger partial charge on any atom is -0.379 e. The van der Waals surface area contributed by atoms with E-state index in [9.17, 15) is 0 Å². The van der Waals surface area contributed by atoms with Crippen LogP contribution in [-0.2, 0) is 9.47 Å². The molecule has 0 saturated carbocycles. The molecule has 0 heterocycles. The largest absolute Gasteiger partial charge is 0.379 e. The van der Waals surface area contributed by atoms with Gasteiger partial charge in [-0.1, -0.05) is 0 Å². The van der Waals surface area contributed by atoms with Gasteiger partial charge in [0.1, 0.15) is 5.54 Å². The van der Waals surface area contributed by atoms with Crippen LogP contribution >= 0.6 is 0 Å². The molecule has 0 bridgehead atoms. The standard InChI is InChI=1S/C13H26N2O2/c1-11(2)15-13(5,10-14)6-7-16-8-9-17-12(3)4/h11-12,15H,6-9H2,1-5H3. The van der Waals surface area contributed by atoms with Gasteiger partial charge in [0.15, 0.2) is 0 Å². The van der Waals surface area contributed by atoms with Crippen molar-refractivity contribution in [1.82, 2.24) is 5.32 Å². The molecule has 1 N–H and O–H groups in total. The minimum atomic E-state index is -0.507. The Kier molecular flexibility index (Phi) is 8.15. The number of nitrogens with one attached hydrogen (secondary N) is 1. The second-order valence-electron chi connectivity index (χ2n) is 5.02. The quantitative estimate of drug-likeness (QED) is 0.629. The normalized spacial score (nSPS) is 14.9. The van der Waals surface area contributed by atoms with E-state index in [1.165, 1.54) is 0 Å². The summed E-state index contributed by atoms with van der Waals surface area (Å²) in [4.78, 5) is 0. The number of hydrogen-bond donors (Lipinski definition) is 1. The Hall–Kier alpha value is -0.630. The van der Waals surface area contributed by atoms with E-state index in [0.29, 0.717) is 32.3 Å². The third kappa shape index (κ3) is 9.11. The fourth-order valence-electron chi connectivity index (χ4n) is 1.52. The van der Waals surface area contributed by atoms with E-state index in [-0.39, 0.29) is 6.10 Å². The zero-order chi connectivity index (χ0) is 13.3. The van der Waals surface area contributed by atoms with Gasteiger partial charge in [0, 0.05) is 19.1 Å². The van der Waals surface area contributed by atoms with Crippen LogP contribution in [0.2, 0.25) is 0 Å². The van der Waals surface area contributed by atoms with Gasteiger partial charge in [0.05, 0.1) is 25.4 Å². The lowest BCUT2D eigenvalue weighted by molar-refractivity contribution is 0.0160. The lowest BCUT2D eigenvalue weighted by atomic mass is 9.99. The topological polar surface area (TPSA) is 54.3 Å². The predicted octanol–water partition coefficient (Wildman–Crippen LogP) is 2.10. The van der Waals surface area contributed by atoms with Crippen molar-refractivity contribution >= 4 is 0 Å². The third-order valence-corrected chi connectivity index (χ3v) is 2.28. The maximum Gasteiger partial charge on any atom is 0.106 e. The summed E-state index contributed by atoms with van der Waals surface area (Å²) >= 11 is 0.